The Kier molecular flexibility index (Phi) is 7.94. The molecular weight excluding hydrogens is 406 g/mol. The van der Waals surface area contributed by atoms with Crippen LogP contribution in [0.5, 0.6) is 0 Å². The van der Waals surface area contributed by atoms with Crippen molar-refractivity contribution in [2.24, 2.45) is 0 Å². The van der Waals surface area contributed by atoms with Crippen LogP contribution < -0.4 is 5.32 Å². The molecule has 0 aliphatic carbocycles. The zero-order valence-corrected chi connectivity index (χ0v) is 18.2. The summed E-state index contributed by atoms with van der Waals surface area (Å²) in [5, 5.41) is 14.1. The van der Waals surface area contributed by atoms with E-state index in [1.807, 2.05) is 11.0 Å². The van der Waals surface area contributed by atoms with Gasteiger partial charge < -0.3 is 15.3 Å². The maximum atomic E-state index is 12.3. The second-order valence-corrected chi connectivity index (χ2v) is 9.27. The van der Waals surface area contributed by atoms with Gasteiger partial charge in [0.25, 0.3) is 0 Å². The molecule has 0 radical (unpaired) electrons. The minimum Gasteiger partial charge on any atom is -0.476 e. The monoisotopic (exact) mass is 433 g/mol. The van der Waals surface area contributed by atoms with Crippen LogP contribution in [0.1, 0.15) is 48.7 Å². The zero-order chi connectivity index (χ0) is 20.6. The molecule has 29 heavy (non-hydrogen) atoms. The van der Waals surface area contributed by atoms with Crippen LogP contribution in [0.4, 0.5) is 5.69 Å². The molecule has 0 bridgehead atoms. The van der Waals surface area contributed by atoms with E-state index in [1.165, 1.54) is 47.2 Å². The summed E-state index contributed by atoms with van der Waals surface area (Å²) in [6.07, 6.45) is 4.87. The summed E-state index contributed by atoms with van der Waals surface area (Å²) in [5.74, 6) is -0.0998. The van der Waals surface area contributed by atoms with E-state index in [4.69, 9.17) is 5.11 Å². The van der Waals surface area contributed by atoms with Gasteiger partial charge in [0.2, 0.25) is 5.91 Å². The van der Waals surface area contributed by atoms with E-state index in [1.54, 1.807) is 5.38 Å². The number of unbranched alkanes of at least 4 members (excludes halogenated alkanes) is 1. The number of benzene rings is 1. The minimum atomic E-state index is -1.01. The maximum Gasteiger partial charge on any atom is 0.355 e. The van der Waals surface area contributed by atoms with Crippen LogP contribution in [0.15, 0.2) is 34.0 Å². The van der Waals surface area contributed by atoms with Crippen molar-refractivity contribution in [3.8, 4) is 0 Å². The molecule has 2 aromatic rings. The summed E-state index contributed by atoms with van der Waals surface area (Å²) < 4.78 is 0.730. The van der Waals surface area contributed by atoms with Gasteiger partial charge in [0.15, 0.2) is 10.0 Å². The van der Waals surface area contributed by atoms with Crippen LogP contribution in [0, 0.1) is 0 Å². The SMILES string of the molecule is CCCCc1ccccc1NCC1CCC(=O)N1CCSc1nc(C(=O)O)cs1. The lowest BCUT2D eigenvalue weighted by molar-refractivity contribution is -0.128. The molecule has 1 fully saturated rings. The fraction of sp³-hybridized carbons (Fsp3) is 0.476. The number of nitrogens with one attached hydrogen (secondary N) is 1. The van der Waals surface area contributed by atoms with Crippen molar-refractivity contribution < 1.29 is 14.7 Å². The molecule has 156 valence electrons. The van der Waals surface area contributed by atoms with E-state index in [0.29, 0.717) is 18.7 Å². The number of thiazole rings is 1. The number of thioether (sulfide) groups is 1. The quantitative estimate of drug-likeness (QED) is 0.512. The van der Waals surface area contributed by atoms with Crippen LogP contribution in [-0.2, 0) is 11.2 Å². The number of carboxylic acid groups (broad SMARTS) is 1. The standard InChI is InChI=1S/C21H27N3O3S2/c1-2-3-6-15-7-4-5-8-17(15)22-13-16-9-10-19(25)24(16)11-12-28-21-23-18(14-29-21)20(26)27/h4-5,7-8,14,16,22H,2-3,6,9-13H2,1H3,(H,26,27). The lowest BCUT2D eigenvalue weighted by Gasteiger charge is -2.25. The summed E-state index contributed by atoms with van der Waals surface area (Å²) in [6, 6.07) is 8.60. The van der Waals surface area contributed by atoms with Gasteiger partial charge in [-0.25, -0.2) is 9.78 Å². The lowest BCUT2D eigenvalue weighted by atomic mass is 10.1. The lowest BCUT2D eigenvalue weighted by Crippen LogP contribution is -2.39. The highest BCUT2D eigenvalue weighted by Crippen LogP contribution is 2.26. The first kappa shape index (κ1) is 21.6. The Bertz CT molecular complexity index is 840. The Hall–Kier alpha value is -2.06. The van der Waals surface area contributed by atoms with Gasteiger partial charge in [0.05, 0.1) is 0 Å². The first-order valence-electron chi connectivity index (χ1n) is 10.0. The van der Waals surface area contributed by atoms with Crippen molar-refractivity contribution in [1.29, 1.82) is 0 Å². The smallest absolute Gasteiger partial charge is 0.355 e. The van der Waals surface area contributed by atoms with E-state index in [-0.39, 0.29) is 17.6 Å². The highest BCUT2D eigenvalue weighted by Gasteiger charge is 2.30. The number of aryl methyl sites for hydroxylation is 1. The first-order valence-corrected chi connectivity index (χ1v) is 11.9. The average molecular weight is 434 g/mol. The second kappa shape index (κ2) is 10.6. The number of hydrogen-bond donors (Lipinski definition) is 2. The van der Waals surface area contributed by atoms with Gasteiger partial charge in [-0.3, -0.25) is 4.79 Å². The van der Waals surface area contributed by atoms with Gasteiger partial charge in [-0.2, -0.15) is 0 Å². The van der Waals surface area contributed by atoms with Gasteiger partial charge in [0.1, 0.15) is 0 Å². The topological polar surface area (TPSA) is 82.5 Å². The third-order valence-corrected chi connectivity index (χ3v) is 7.06. The van der Waals surface area contributed by atoms with E-state index < -0.39 is 5.97 Å². The molecule has 6 nitrogen and oxygen atoms in total. The van der Waals surface area contributed by atoms with Crippen molar-refractivity contribution in [2.45, 2.75) is 49.4 Å². The molecule has 1 amide bonds. The number of anilines is 1. The van der Waals surface area contributed by atoms with Gasteiger partial charge in [-0.1, -0.05) is 43.3 Å². The Morgan fingerprint density at radius 1 is 1.41 bits per heavy atom. The first-order chi connectivity index (χ1) is 14.1. The normalized spacial score (nSPS) is 16.4. The van der Waals surface area contributed by atoms with Crippen LogP contribution in [0.3, 0.4) is 0 Å². The molecule has 1 aliphatic rings. The number of para-hydroxylation sites is 1. The molecule has 1 aromatic heterocycles. The summed E-state index contributed by atoms with van der Waals surface area (Å²) in [6.45, 7) is 3.60. The number of amides is 1. The third-order valence-electron chi connectivity index (χ3n) is 5.06. The number of rotatable bonds is 11. The van der Waals surface area contributed by atoms with Gasteiger partial charge in [-0.05, 0) is 30.9 Å². The molecule has 2 heterocycles. The summed E-state index contributed by atoms with van der Waals surface area (Å²) in [5.41, 5.74) is 2.58. The molecule has 1 saturated heterocycles. The van der Waals surface area contributed by atoms with E-state index >= 15 is 0 Å². The van der Waals surface area contributed by atoms with Crippen molar-refractivity contribution >= 4 is 40.7 Å². The number of aromatic carboxylic acids is 1. The number of likely N-dealkylation sites (tertiary alicyclic amines) is 1. The second-order valence-electron chi connectivity index (χ2n) is 7.07. The van der Waals surface area contributed by atoms with E-state index in [2.05, 4.69) is 35.4 Å². The van der Waals surface area contributed by atoms with Crippen molar-refractivity contribution in [3.63, 3.8) is 0 Å². The summed E-state index contributed by atoms with van der Waals surface area (Å²) in [4.78, 5) is 29.3. The van der Waals surface area contributed by atoms with Crippen molar-refractivity contribution in [1.82, 2.24) is 9.88 Å². The molecule has 0 saturated carbocycles. The molecule has 1 atom stereocenters. The average Bonchev–Trinajstić information content (AvgIpc) is 3.33. The number of hydrogen-bond acceptors (Lipinski definition) is 6. The zero-order valence-electron chi connectivity index (χ0n) is 16.6. The summed E-state index contributed by atoms with van der Waals surface area (Å²) >= 11 is 2.84. The molecule has 1 unspecified atom stereocenters. The highest BCUT2D eigenvalue weighted by atomic mass is 32.2. The Morgan fingerprint density at radius 2 is 2.24 bits per heavy atom. The maximum absolute atomic E-state index is 12.3. The molecule has 1 aliphatic heterocycles. The fourth-order valence-electron chi connectivity index (χ4n) is 3.47. The molecule has 8 heteroatoms. The van der Waals surface area contributed by atoms with E-state index in [9.17, 15) is 9.59 Å². The van der Waals surface area contributed by atoms with Gasteiger partial charge in [0, 0.05) is 42.4 Å². The Balaban J connectivity index is 1.51. The largest absolute Gasteiger partial charge is 0.476 e. The third kappa shape index (κ3) is 5.96. The molecule has 1 aromatic carbocycles. The minimum absolute atomic E-state index is 0.0820. The Labute approximate surface area is 179 Å². The van der Waals surface area contributed by atoms with Crippen LogP contribution in [0.25, 0.3) is 0 Å². The highest BCUT2D eigenvalue weighted by molar-refractivity contribution is 8.01. The summed E-state index contributed by atoms with van der Waals surface area (Å²) in [7, 11) is 0. The van der Waals surface area contributed by atoms with Gasteiger partial charge >= 0.3 is 5.97 Å². The van der Waals surface area contributed by atoms with E-state index in [0.717, 1.165) is 23.7 Å². The fourth-order valence-corrected chi connectivity index (χ4v) is 5.28. The molecular formula is C21H27N3O3S2. The van der Waals surface area contributed by atoms with Crippen molar-refractivity contribution in [3.05, 3.63) is 40.9 Å². The van der Waals surface area contributed by atoms with Gasteiger partial charge in [-0.15, -0.1) is 11.3 Å². The van der Waals surface area contributed by atoms with Crippen LogP contribution >= 0.6 is 23.1 Å². The Morgan fingerprint density at radius 3 is 3.00 bits per heavy atom. The number of nitrogens with zero attached hydrogens (tertiary/aromatic N) is 2. The van der Waals surface area contributed by atoms with Crippen molar-refractivity contribution in [2.75, 3.05) is 24.2 Å². The van der Waals surface area contributed by atoms with Crippen LogP contribution in [0.2, 0.25) is 0 Å². The number of aromatic nitrogens is 1. The number of carbonyl (C=O) groups is 2. The molecule has 3 rings (SSSR count). The molecule has 2 N–H and O–H groups in total. The number of carboxylic acids is 1. The predicted molar refractivity (Wildman–Crippen MR) is 118 cm³/mol. The predicted octanol–water partition coefficient (Wildman–Crippen LogP) is 4.38. The van der Waals surface area contributed by atoms with Crippen LogP contribution in [-0.4, -0.2) is 51.8 Å². The number of carbonyl (C=O) groups excluding carboxylic acids is 1. The molecule has 0 spiro atoms.